The number of ether oxygens (including phenoxy) is 3. The zero-order valence-corrected chi connectivity index (χ0v) is 28.0. The molecule has 1 fully saturated rings. The second-order valence-corrected chi connectivity index (χ2v) is 13.7. The summed E-state index contributed by atoms with van der Waals surface area (Å²) in [5, 5.41) is 32.6. The third kappa shape index (κ3) is 14.4. The molecule has 47 heavy (non-hydrogen) atoms. The fourth-order valence-electron chi connectivity index (χ4n) is 5.12. The zero-order valence-electron chi connectivity index (χ0n) is 27.1. The Morgan fingerprint density at radius 2 is 1.38 bits per heavy atom. The lowest BCUT2D eigenvalue weighted by Gasteiger charge is -2.41. The normalized spacial score (nSPS) is 22.3. The number of carbonyl (C=O) groups excluding carboxylic acids is 2. The molecule has 0 aromatic heterocycles. The smallest absolute Gasteiger partial charge is 0.342 e. The molecule has 0 saturated carbocycles. The Kier molecular flexibility index (Phi) is 17.4. The van der Waals surface area contributed by atoms with Crippen molar-refractivity contribution in [2.24, 2.45) is 0 Å². The lowest BCUT2D eigenvalue weighted by atomic mass is 9.97. The van der Waals surface area contributed by atoms with E-state index in [2.05, 4.69) is 5.32 Å². The van der Waals surface area contributed by atoms with E-state index in [-0.39, 0.29) is 13.2 Å². The van der Waals surface area contributed by atoms with Gasteiger partial charge in [-0.25, -0.2) is 0 Å². The quantitative estimate of drug-likeness (QED) is 0.0786. The highest BCUT2D eigenvalue weighted by Crippen LogP contribution is 2.49. The average Bonchev–Trinajstić information content (AvgIpc) is 3.06. The van der Waals surface area contributed by atoms with E-state index in [1.165, 1.54) is 6.92 Å². The predicted octanol–water partition coefficient (Wildman–Crippen LogP) is 4.49. The first-order chi connectivity index (χ1) is 22.7. The van der Waals surface area contributed by atoms with Gasteiger partial charge in [-0.15, -0.1) is 0 Å². The van der Waals surface area contributed by atoms with Gasteiger partial charge in [0.15, 0.2) is 0 Å². The van der Waals surface area contributed by atoms with Gasteiger partial charge in [0.25, 0.3) is 0 Å². The van der Waals surface area contributed by atoms with Crippen molar-refractivity contribution in [3.63, 3.8) is 0 Å². The molecular weight excluding hydrogens is 629 g/mol. The third-order valence-electron chi connectivity index (χ3n) is 7.68. The zero-order chi connectivity index (χ0) is 33.9. The van der Waals surface area contributed by atoms with E-state index in [0.717, 1.165) is 69.3 Å². The van der Waals surface area contributed by atoms with Crippen LogP contribution in [0.1, 0.15) is 70.3 Å². The van der Waals surface area contributed by atoms with Crippen LogP contribution in [0.2, 0.25) is 0 Å². The molecule has 1 heterocycles. The summed E-state index contributed by atoms with van der Waals surface area (Å²) < 4.78 is 41.5. The molecule has 0 bridgehead atoms. The molecule has 1 aliphatic heterocycles. The maximum Gasteiger partial charge on any atom is 0.342 e. The fraction of sp³-hybridized carbons (Fsp3) is 0.588. The molecule has 262 valence electrons. The van der Waals surface area contributed by atoms with Crippen LogP contribution in [0.4, 0.5) is 0 Å². The van der Waals surface area contributed by atoms with Crippen LogP contribution in [0, 0.1) is 0 Å². The molecule has 0 aliphatic carbocycles. The number of hydrogen-bond donors (Lipinski definition) is 4. The number of aliphatic hydroxyl groups is 3. The van der Waals surface area contributed by atoms with Crippen LogP contribution in [0.5, 0.6) is 5.75 Å². The minimum absolute atomic E-state index is 0.0598. The molecule has 2 aromatic rings. The molecule has 0 spiro atoms. The Morgan fingerprint density at radius 3 is 1.98 bits per heavy atom. The van der Waals surface area contributed by atoms with Gasteiger partial charge in [0, 0.05) is 6.92 Å². The van der Waals surface area contributed by atoms with Gasteiger partial charge >= 0.3 is 13.6 Å². The third-order valence-corrected chi connectivity index (χ3v) is 9.42. The lowest BCUT2D eigenvalue weighted by molar-refractivity contribution is -0.262. The van der Waals surface area contributed by atoms with E-state index >= 15 is 0 Å². The van der Waals surface area contributed by atoms with Gasteiger partial charge in [-0.1, -0.05) is 93.5 Å². The van der Waals surface area contributed by atoms with E-state index in [4.69, 9.17) is 23.3 Å². The molecule has 1 aliphatic rings. The van der Waals surface area contributed by atoms with Crippen LogP contribution in [-0.4, -0.2) is 83.8 Å². The van der Waals surface area contributed by atoms with E-state index in [1.807, 2.05) is 36.4 Å². The summed E-state index contributed by atoms with van der Waals surface area (Å²) in [4.78, 5) is 24.7. The SMILES string of the molecule is CC(=O)N[C@H]1[C@@H](OC(=O)CP(=O)(OCCCCCCCCCCCOc2ccccc2)OCc2ccccc2)O[C@H](CO)[C@@H](O)[C@@H]1O. The molecule has 1 saturated heterocycles. The lowest BCUT2D eigenvalue weighted by Crippen LogP contribution is -2.64. The van der Waals surface area contributed by atoms with Crippen LogP contribution in [0.3, 0.4) is 0 Å². The van der Waals surface area contributed by atoms with E-state index in [0.29, 0.717) is 6.42 Å². The Labute approximate surface area is 277 Å². The molecule has 6 atom stereocenters. The topological polar surface area (TPSA) is 170 Å². The van der Waals surface area contributed by atoms with Gasteiger partial charge in [-0.05, 0) is 30.5 Å². The molecule has 12 nitrogen and oxygen atoms in total. The van der Waals surface area contributed by atoms with Crippen LogP contribution < -0.4 is 10.1 Å². The number of para-hydroxylation sites is 1. The van der Waals surface area contributed by atoms with Gasteiger partial charge in [-0.2, -0.15) is 0 Å². The summed E-state index contributed by atoms with van der Waals surface area (Å²) in [6.07, 6.45) is 2.48. The minimum atomic E-state index is -3.99. The Bertz CT molecular complexity index is 1220. The van der Waals surface area contributed by atoms with Crippen LogP contribution in [0.15, 0.2) is 60.7 Å². The second-order valence-electron chi connectivity index (χ2n) is 11.6. The highest BCUT2D eigenvalue weighted by Gasteiger charge is 2.47. The number of benzene rings is 2. The summed E-state index contributed by atoms with van der Waals surface area (Å²) in [5.74, 6) is -0.688. The minimum Gasteiger partial charge on any atom is -0.494 e. The van der Waals surface area contributed by atoms with Gasteiger partial charge in [-0.3, -0.25) is 14.2 Å². The van der Waals surface area contributed by atoms with Crippen LogP contribution in [0.25, 0.3) is 0 Å². The second kappa shape index (κ2) is 21.2. The first-order valence-electron chi connectivity index (χ1n) is 16.4. The fourth-order valence-corrected chi connectivity index (χ4v) is 6.52. The van der Waals surface area contributed by atoms with E-state index in [9.17, 15) is 29.5 Å². The van der Waals surface area contributed by atoms with Crippen molar-refractivity contribution < 1.29 is 52.7 Å². The van der Waals surface area contributed by atoms with E-state index in [1.54, 1.807) is 24.3 Å². The number of rotatable bonds is 22. The maximum absolute atomic E-state index is 13.7. The summed E-state index contributed by atoms with van der Waals surface area (Å²) in [6, 6.07) is 17.5. The van der Waals surface area contributed by atoms with Crippen LogP contribution in [-0.2, 0) is 39.3 Å². The average molecular weight is 680 g/mol. The van der Waals surface area contributed by atoms with Crippen LogP contribution >= 0.6 is 7.60 Å². The van der Waals surface area contributed by atoms with Crippen molar-refractivity contribution in [1.29, 1.82) is 0 Å². The van der Waals surface area contributed by atoms with Gasteiger partial charge < -0.3 is 43.9 Å². The number of hydrogen-bond acceptors (Lipinski definition) is 11. The van der Waals surface area contributed by atoms with Gasteiger partial charge in [0.05, 0.1) is 26.4 Å². The maximum atomic E-state index is 13.7. The van der Waals surface area contributed by atoms with Gasteiger partial charge in [0.1, 0.15) is 36.3 Å². The number of amides is 1. The van der Waals surface area contributed by atoms with Crippen molar-refractivity contribution >= 4 is 19.5 Å². The van der Waals surface area contributed by atoms with Crippen molar-refractivity contribution in [3.05, 3.63) is 66.2 Å². The Morgan fingerprint density at radius 1 is 0.809 bits per heavy atom. The first-order valence-corrected chi connectivity index (χ1v) is 18.1. The van der Waals surface area contributed by atoms with Crippen molar-refractivity contribution in [2.45, 2.75) is 102 Å². The first kappa shape index (κ1) is 38.6. The number of carbonyl (C=O) groups is 2. The molecular formula is C34H50NO11P. The van der Waals surface area contributed by atoms with Crippen molar-refractivity contribution in [1.82, 2.24) is 5.32 Å². The highest BCUT2D eigenvalue weighted by atomic mass is 31.2. The highest BCUT2D eigenvalue weighted by molar-refractivity contribution is 7.54. The number of aliphatic hydroxyl groups excluding tert-OH is 3. The van der Waals surface area contributed by atoms with Crippen molar-refractivity contribution in [2.75, 3.05) is 26.0 Å². The number of unbranched alkanes of at least 4 members (excludes halogenated alkanes) is 8. The Hall–Kier alpha value is -2.83. The monoisotopic (exact) mass is 679 g/mol. The Balaban J connectivity index is 1.40. The predicted molar refractivity (Wildman–Crippen MR) is 175 cm³/mol. The summed E-state index contributed by atoms with van der Waals surface area (Å²) in [6.45, 7) is 1.29. The molecule has 13 heteroatoms. The largest absolute Gasteiger partial charge is 0.494 e. The molecule has 2 aromatic carbocycles. The molecule has 4 N–H and O–H groups in total. The standard InChI is InChI=1S/C34H50NO11P/c1-26(37)35-31-33(40)32(39)29(23-36)45-34(31)46-30(38)25-47(41,44-24-27-17-11-9-12-18-27)43-22-16-8-6-4-2-3-5-7-15-21-42-28-19-13-10-14-20-28/h9-14,17-20,29,31-34,36,39-40H,2-8,15-16,21-25H2,1H3,(H,35,37)/t29-,31-,32-,33-,34-,47?/m1/s1. The van der Waals surface area contributed by atoms with Gasteiger partial charge in [0.2, 0.25) is 12.2 Å². The molecule has 1 amide bonds. The van der Waals surface area contributed by atoms with E-state index < -0.39 is 62.9 Å². The summed E-state index contributed by atoms with van der Waals surface area (Å²) in [7, 11) is -3.99. The summed E-state index contributed by atoms with van der Waals surface area (Å²) >= 11 is 0. The molecule has 0 radical (unpaired) electrons. The molecule has 3 rings (SSSR count). The number of esters is 1. The molecule has 1 unspecified atom stereocenters. The summed E-state index contributed by atoms with van der Waals surface area (Å²) in [5.41, 5.74) is 0.734. The number of nitrogens with one attached hydrogen (secondary N) is 1. The van der Waals surface area contributed by atoms with Crippen molar-refractivity contribution in [3.8, 4) is 5.75 Å².